The van der Waals surface area contributed by atoms with Gasteiger partial charge in [-0.25, -0.2) is 8.93 Å². The van der Waals surface area contributed by atoms with Gasteiger partial charge in [-0.1, -0.05) is 18.2 Å². The van der Waals surface area contributed by atoms with Crippen molar-refractivity contribution < 1.29 is 22.9 Å². The molecule has 2 atom stereocenters. The molecule has 0 saturated heterocycles. The molecule has 0 aliphatic rings. The van der Waals surface area contributed by atoms with E-state index in [1.165, 1.54) is 0 Å². The quantitative estimate of drug-likeness (QED) is 0.221. The van der Waals surface area contributed by atoms with Crippen molar-refractivity contribution >= 4 is 39.3 Å². The number of nitrogens with one attached hydrogen (secondary N) is 1. The maximum Gasteiger partial charge on any atom is 0.310 e. The summed E-state index contributed by atoms with van der Waals surface area (Å²) in [5, 5.41) is 3.09. The number of rotatable bonds is 10. The molecular formula is C29H33NO5S2. The smallest absolute Gasteiger partial charge is 0.310 e. The van der Waals surface area contributed by atoms with Crippen LogP contribution < -0.4 is 9.46 Å². The number of esters is 1. The first-order valence-electron chi connectivity index (χ1n) is 12.3. The van der Waals surface area contributed by atoms with Crippen LogP contribution in [0.25, 0.3) is 22.1 Å². The van der Waals surface area contributed by atoms with Crippen LogP contribution in [0.1, 0.15) is 56.7 Å². The van der Waals surface area contributed by atoms with E-state index in [4.69, 9.17) is 13.9 Å². The first kappa shape index (κ1) is 27.1. The average molecular weight is 540 g/mol. The van der Waals surface area contributed by atoms with Gasteiger partial charge in [0, 0.05) is 21.4 Å². The van der Waals surface area contributed by atoms with Gasteiger partial charge in [-0.3, -0.25) is 4.79 Å². The third kappa shape index (κ3) is 6.69. The van der Waals surface area contributed by atoms with Crippen molar-refractivity contribution in [2.24, 2.45) is 0 Å². The largest absolute Gasteiger partial charge is 0.489 e. The predicted molar refractivity (Wildman–Crippen MR) is 150 cm³/mol. The van der Waals surface area contributed by atoms with Crippen LogP contribution in [0.5, 0.6) is 5.75 Å². The van der Waals surface area contributed by atoms with Gasteiger partial charge in [0.05, 0.1) is 41.1 Å². The molecule has 0 aliphatic carbocycles. The topological polar surface area (TPSA) is 77.8 Å². The second-order valence-corrected chi connectivity index (χ2v) is 12.8. The Bertz CT molecular complexity index is 1400. The van der Waals surface area contributed by atoms with Crippen LogP contribution in [0.4, 0.5) is 0 Å². The molecular weight excluding hydrogens is 506 g/mol. The fourth-order valence-corrected chi connectivity index (χ4v) is 5.67. The molecule has 4 aromatic rings. The van der Waals surface area contributed by atoms with Gasteiger partial charge in [0.25, 0.3) is 0 Å². The highest BCUT2D eigenvalue weighted by Gasteiger charge is 2.23. The zero-order valence-electron chi connectivity index (χ0n) is 21.8. The highest BCUT2D eigenvalue weighted by Crippen LogP contribution is 2.36. The lowest BCUT2D eigenvalue weighted by atomic mass is 10.0. The lowest BCUT2D eigenvalue weighted by Gasteiger charge is -2.21. The maximum atomic E-state index is 12.6. The van der Waals surface area contributed by atoms with Gasteiger partial charge in [-0.15, -0.1) is 11.3 Å². The minimum absolute atomic E-state index is 0.0479. The van der Waals surface area contributed by atoms with E-state index >= 15 is 0 Å². The summed E-state index contributed by atoms with van der Waals surface area (Å²) in [7, 11) is -1.16. The van der Waals surface area contributed by atoms with Gasteiger partial charge in [0.1, 0.15) is 17.9 Å². The van der Waals surface area contributed by atoms with Crippen LogP contribution in [-0.2, 0) is 33.5 Å². The Labute approximate surface area is 224 Å². The number of fused-ring (bicyclic) bond motifs is 1. The Kier molecular flexibility index (Phi) is 8.52. The predicted octanol–water partition coefficient (Wildman–Crippen LogP) is 6.96. The van der Waals surface area contributed by atoms with Crippen LogP contribution in [0.2, 0.25) is 0 Å². The fraction of sp³-hybridized carbons (Fsp3) is 0.345. The second-order valence-electron chi connectivity index (χ2n) is 9.82. The number of thiophene rings is 1. The van der Waals surface area contributed by atoms with E-state index in [2.05, 4.69) is 28.3 Å². The molecule has 6 nitrogen and oxygen atoms in total. The number of benzene rings is 2. The molecule has 0 radical (unpaired) electrons. The normalized spacial score (nSPS) is 13.4. The van der Waals surface area contributed by atoms with E-state index in [0.29, 0.717) is 19.0 Å². The van der Waals surface area contributed by atoms with Crippen molar-refractivity contribution in [1.82, 2.24) is 4.72 Å². The third-order valence-corrected chi connectivity index (χ3v) is 8.61. The van der Waals surface area contributed by atoms with Gasteiger partial charge < -0.3 is 13.9 Å². The minimum atomic E-state index is -1.16. The Hall–Kier alpha value is -2.94. The van der Waals surface area contributed by atoms with E-state index in [1.54, 1.807) is 24.5 Å². The number of carbonyl (C=O) groups excluding carboxylic acids is 1. The van der Waals surface area contributed by atoms with E-state index < -0.39 is 11.0 Å². The Morgan fingerprint density at radius 2 is 1.95 bits per heavy atom. The molecule has 4 rings (SSSR count). The monoisotopic (exact) mass is 539 g/mol. The van der Waals surface area contributed by atoms with E-state index in [-0.39, 0.29) is 23.2 Å². The van der Waals surface area contributed by atoms with Gasteiger partial charge >= 0.3 is 5.97 Å². The lowest BCUT2D eigenvalue weighted by Crippen LogP contribution is -2.34. The van der Waals surface area contributed by atoms with Crippen molar-refractivity contribution in [3.8, 4) is 16.9 Å². The van der Waals surface area contributed by atoms with Crippen LogP contribution in [0.3, 0.4) is 0 Å². The molecule has 0 fully saturated rings. The third-order valence-electron chi connectivity index (χ3n) is 5.82. The Balaban J connectivity index is 1.56. The lowest BCUT2D eigenvalue weighted by molar-refractivity contribution is -0.142. The molecule has 196 valence electrons. The first-order valence-corrected chi connectivity index (χ1v) is 14.3. The molecule has 2 aromatic heterocycles. The number of hydrogen-bond donors (Lipinski definition) is 1. The molecule has 1 unspecified atom stereocenters. The summed E-state index contributed by atoms with van der Waals surface area (Å²) in [6.07, 6.45) is 1.86. The molecule has 2 heterocycles. The summed E-state index contributed by atoms with van der Waals surface area (Å²) in [5.74, 6) is 0.387. The van der Waals surface area contributed by atoms with E-state index in [0.717, 1.165) is 38.1 Å². The molecule has 0 aliphatic heterocycles. The SMILES string of the molecule is CCOC(=O)Cc1ccccc1OCc1cc(-c2csc(C(C)N[S@](=O)C(C)(C)C)c2)c2occc2c1. The zero-order chi connectivity index (χ0) is 26.6. The number of ether oxygens (including phenoxy) is 2. The summed E-state index contributed by atoms with van der Waals surface area (Å²) < 4.78 is 32.5. The summed E-state index contributed by atoms with van der Waals surface area (Å²) in [6, 6.07) is 15.7. The molecule has 1 N–H and O–H groups in total. The molecule has 8 heteroatoms. The number of para-hydroxylation sites is 1. The van der Waals surface area contributed by atoms with Crippen molar-refractivity contribution in [3.05, 3.63) is 76.2 Å². The first-order chi connectivity index (χ1) is 17.7. The standard InChI is InChI=1S/C29H33NO5S2/c1-6-33-27(31)16-21-9-7-8-10-25(21)35-17-20-13-22-11-12-34-28(22)24(14-20)23-15-26(36-18-23)19(2)30-37(32)29(3,4)5/h7-15,18-19,30H,6,16-17H2,1-5H3/t19?,37-/m1/s1. The maximum absolute atomic E-state index is 12.6. The fourth-order valence-electron chi connectivity index (χ4n) is 3.88. The molecule has 0 saturated carbocycles. The molecule has 2 aromatic carbocycles. The van der Waals surface area contributed by atoms with Crippen molar-refractivity contribution in [1.29, 1.82) is 0 Å². The molecule has 0 bridgehead atoms. The summed E-state index contributed by atoms with van der Waals surface area (Å²) in [6.45, 7) is 10.4. The van der Waals surface area contributed by atoms with Crippen LogP contribution in [-0.4, -0.2) is 21.5 Å². The van der Waals surface area contributed by atoms with E-state index in [1.807, 2.05) is 58.0 Å². The average Bonchev–Trinajstić information content (AvgIpc) is 3.52. The van der Waals surface area contributed by atoms with E-state index in [9.17, 15) is 9.00 Å². The van der Waals surface area contributed by atoms with Crippen molar-refractivity contribution in [2.45, 2.75) is 58.4 Å². The molecule has 0 amide bonds. The summed E-state index contributed by atoms with van der Waals surface area (Å²) >= 11 is 1.63. The van der Waals surface area contributed by atoms with Crippen molar-refractivity contribution in [3.63, 3.8) is 0 Å². The highest BCUT2D eigenvalue weighted by molar-refractivity contribution is 7.84. The van der Waals surface area contributed by atoms with Crippen LogP contribution in [0.15, 0.2) is 64.6 Å². The molecule has 0 spiro atoms. The number of carbonyl (C=O) groups is 1. The second kappa shape index (κ2) is 11.6. The van der Waals surface area contributed by atoms with Gasteiger partial charge in [-0.2, -0.15) is 0 Å². The minimum Gasteiger partial charge on any atom is -0.489 e. The zero-order valence-corrected chi connectivity index (χ0v) is 23.5. The van der Waals surface area contributed by atoms with Gasteiger partial charge in [0.15, 0.2) is 0 Å². The number of furan rings is 1. The van der Waals surface area contributed by atoms with Crippen molar-refractivity contribution in [2.75, 3.05) is 6.61 Å². The highest BCUT2D eigenvalue weighted by atomic mass is 32.2. The van der Waals surface area contributed by atoms with Gasteiger partial charge in [0.2, 0.25) is 0 Å². The van der Waals surface area contributed by atoms with Gasteiger partial charge in [-0.05, 0) is 81.5 Å². The summed E-state index contributed by atoms with van der Waals surface area (Å²) in [5.41, 5.74) is 4.62. The Morgan fingerprint density at radius 3 is 2.70 bits per heavy atom. The number of hydrogen-bond acceptors (Lipinski definition) is 6. The molecule has 37 heavy (non-hydrogen) atoms. The Morgan fingerprint density at radius 1 is 1.16 bits per heavy atom. The van der Waals surface area contributed by atoms with Crippen LogP contribution >= 0.6 is 11.3 Å². The summed E-state index contributed by atoms with van der Waals surface area (Å²) in [4.78, 5) is 13.1. The van der Waals surface area contributed by atoms with Crippen LogP contribution in [0, 0.1) is 0 Å².